The molecule has 0 saturated heterocycles. The molecule has 0 aliphatic rings. The Labute approximate surface area is 181 Å². The lowest BCUT2D eigenvalue weighted by Gasteiger charge is -2.11. The van der Waals surface area contributed by atoms with E-state index < -0.39 is 11.5 Å². The van der Waals surface area contributed by atoms with Gasteiger partial charge in [0.1, 0.15) is 5.56 Å². The van der Waals surface area contributed by atoms with E-state index in [1.54, 1.807) is 12.1 Å². The number of nitrogens with one attached hydrogen (secondary N) is 3. The third-order valence-corrected chi connectivity index (χ3v) is 5.19. The van der Waals surface area contributed by atoms with Gasteiger partial charge in [-0.1, -0.05) is 49.7 Å². The van der Waals surface area contributed by atoms with E-state index in [1.807, 2.05) is 63.2 Å². The van der Waals surface area contributed by atoms with Gasteiger partial charge in [0, 0.05) is 23.8 Å². The van der Waals surface area contributed by atoms with Crippen molar-refractivity contribution >= 4 is 17.5 Å². The molecule has 6 heteroatoms. The monoisotopic (exact) mass is 417 g/mol. The summed E-state index contributed by atoms with van der Waals surface area (Å²) in [5.41, 5.74) is 3.75. The number of H-pyrrole nitrogens is 1. The molecule has 0 fully saturated rings. The maximum absolute atomic E-state index is 12.5. The van der Waals surface area contributed by atoms with Crippen LogP contribution in [0.25, 0.3) is 11.3 Å². The van der Waals surface area contributed by atoms with E-state index in [0.29, 0.717) is 11.4 Å². The summed E-state index contributed by atoms with van der Waals surface area (Å²) >= 11 is 0. The summed E-state index contributed by atoms with van der Waals surface area (Å²) in [6, 6.07) is 18.3. The summed E-state index contributed by atoms with van der Waals surface area (Å²) < 4.78 is 0. The van der Waals surface area contributed by atoms with Crippen molar-refractivity contribution in [2.24, 2.45) is 5.92 Å². The van der Waals surface area contributed by atoms with Crippen LogP contribution in [0.5, 0.6) is 0 Å². The van der Waals surface area contributed by atoms with Crippen LogP contribution in [0.2, 0.25) is 0 Å². The van der Waals surface area contributed by atoms with Crippen molar-refractivity contribution in [2.45, 2.75) is 33.7 Å². The van der Waals surface area contributed by atoms with Crippen molar-refractivity contribution in [3.63, 3.8) is 0 Å². The number of pyridine rings is 1. The van der Waals surface area contributed by atoms with Gasteiger partial charge in [-0.05, 0) is 54.8 Å². The summed E-state index contributed by atoms with van der Waals surface area (Å²) in [7, 11) is 0. The summed E-state index contributed by atoms with van der Waals surface area (Å²) in [6.45, 7) is 6.06. The zero-order chi connectivity index (χ0) is 22.4. The normalized spacial score (nSPS) is 11.6. The molecule has 160 valence electrons. The molecule has 1 atom stereocenters. The van der Waals surface area contributed by atoms with Crippen LogP contribution in [0.3, 0.4) is 0 Å². The van der Waals surface area contributed by atoms with Gasteiger partial charge in [-0.25, -0.2) is 0 Å². The second-order valence-corrected chi connectivity index (χ2v) is 7.67. The van der Waals surface area contributed by atoms with Gasteiger partial charge < -0.3 is 15.6 Å². The lowest BCUT2D eigenvalue weighted by molar-refractivity contribution is -0.119. The highest BCUT2D eigenvalue weighted by molar-refractivity contribution is 5.94. The van der Waals surface area contributed by atoms with Gasteiger partial charge in [0.15, 0.2) is 0 Å². The summed E-state index contributed by atoms with van der Waals surface area (Å²) in [6.07, 6.45) is 0.763. The minimum atomic E-state index is -0.453. The average molecular weight is 418 g/mol. The fraction of sp³-hybridized carbons (Fsp3) is 0.240. The van der Waals surface area contributed by atoms with Gasteiger partial charge in [0.2, 0.25) is 5.91 Å². The molecule has 0 saturated carbocycles. The van der Waals surface area contributed by atoms with Crippen LogP contribution in [-0.2, 0) is 11.3 Å². The molecule has 0 radical (unpaired) electrons. The van der Waals surface area contributed by atoms with Crippen molar-refractivity contribution in [1.82, 2.24) is 10.3 Å². The molecular weight excluding hydrogens is 390 g/mol. The average Bonchev–Trinajstić information content (AvgIpc) is 2.77. The van der Waals surface area contributed by atoms with Crippen molar-refractivity contribution in [3.05, 3.63) is 87.7 Å². The van der Waals surface area contributed by atoms with E-state index in [9.17, 15) is 14.4 Å². The largest absolute Gasteiger partial charge is 0.348 e. The SMILES string of the molecule is CCC(C)C(=O)Nc1cccc(CNC(=O)c2ccc(-c3cccc(C)c3)[nH]c2=O)c1. The molecule has 2 amide bonds. The van der Waals surface area contributed by atoms with Gasteiger partial charge in [-0.2, -0.15) is 0 Å². The number of aromatic nitrogens is 1. The van der Waals surface area contributed by atoms with Crippen LogP contribution >= 0.6 is 0 Å². The molecule has 0 aliphatic carbocycles. The number of rotatable bonds is 7. The second-order valence-electron chi connectivity index (χ2n) is 7.67. The van der Waals surface area contributed by atoms with Crippen LogP contribution in [0, 0.1) is 12.8 Å². The Morgan fingerprint density at radius 2 is 1.81 bits per heavy atom. The van der Waals surface area contributed by atoms with Crippen LogP contribution < -0.4 is 16.2 Å². The lowest BCUT2D eigenvalue weighted by Crippen LogP contribution is -2.29. The van der Waals surface area contributed by atoms with Gasteiger partial charge in [0.05, 0.1) is 0 Å². The number of aryl methyl sites for hydroxylation is 1. The first-order valence-corrected chi connectivity index (χ1v) is 10.4. The molecule has 6 nitrogen and oxygen atoms in total. The molecule has 1 unspecified atom stereocenters. The van der Waals surface area contributed by atoms with Gasteiger partial charge in [-0.3, -0.25) is 14.4 Å². The van der Waals surface area contributed by atoms with E-state index in [4.69, 9.17) is 0 Å². The van der Waals surface area contributed by atoms with Gasteiger partial charge in [0.25, 0.3) is 11.5 Å². The molecule has 3 N–H and O–H groups in total. The maximum atomic E-state index is 12.5. The Balaban J connectivity index is 1.66. The van der Waals surface area contributed by atoms with E-state index in [0.717, 1.165) is 23.1 Å². The first kappa shape index (κ1) is 22.0. The molecule has 31 heavy (non-hydrogen) atoms. The molecule has 0 spiro atoms. The summed E-state index contributed by atoms with van der Waals surface area (Å²) in [5.74, 6) is -0.562. The standard InChI is InChI=1S/C25H27N3O3/c1-4-17(3)23(29)27-20-10-6-8-18(14-20)15-26-24(30)21-11-12-22(28-25(21)31)19-9-5-7-16(2)13-19/h5-14,17H,4,15H2,1-3H3,(H,26,30)(H,27,29)(H,28,31). The molecular formula is C25H27N3O3. The highest BCUT2D eigenvalue weighted by atomic mass is 16.2. The number of hydrogen-bond acceptors (Lipinski definition) is 3. The number of carbonyl (C=O) groups excluding carboxylic acids is 2. The molecule has 3 rings (SSSR count). The van der Waals surface area contributed by atoms with E-state index in [1.165, 1.54) is 6.07 Å². The number of aromatic amines is 1. The van der Waals surface area contributed by atoms with Gasteiger partial charge in [-0.15, -0.1) is 0 Å². The minimum Gasteiger partial charge on any atom is -0.348 e. The maximum Gasteiger partial charge on any atom is 0.261 e. The van der Waals surface area contributed by atoms with Crippen LogP contribution in [-0.4, -0.2) is 16.8 Å². The van der Waals surface area contributed by atoms with E-state index >= 15 is 0 Å². The third kappa shape index (κ3) is 5.69. The Bertz CT molecular complexity index is 1150. The predicted molar refractivity (Wildman–Crippen MR) is 123 cm³/mol. The minimum absolute atomic E-state index is 0.0380. The van der Waals surface area contributed by atoms with Crippen molar-refractivity contribution in [1.29, 1.82) is 0 Å². The number of hydrogen-bond donors (Lipinski definition) is 3. The van der Waals surface area contributed by atoms with Crippen LogP contribution in [0.4, 0.5) is 5.69 Å². The quantitative estimate of drug-likeness (QED) is 0.536. The number of amides is 2. The fourth-order valence-corrected chi connectivity index (χ4v) is 3.12. The van der Waals surface area contributed by atoms with Crippen molar-refractivity contribution in [2.75, 3.05) is 5.32 Å². The highest BCUT2D eigenvalue weighted by Crippen LogP contribution is 2.17. The van der Waals surface area contributed by atoms with Crippen LogP contribution in [0.15, 0.2) is 65.5 Å². The Morgan fingerprint density at radius 1 is 1.03 bits per heavy atom. The van der Waals surface area contributed by atoms with Crippen molar-refractivity contribution < 1.29 is 9.59 Å². The summed E-state index contributed by atoms with van der Waals surface area (Å²) in [4.78, 5) is 39.8. The number of benzene rings is 2. The Hall–Kier alpha value is -3.67. The number of anilines is 1. The molecule has 0 aliphatic heterocycles. The first-order valence-electron chi connectivity index (χ1n) is 10.4. The Kier molecular flexibility index (Phi) is 7.03. The fourth-order valence-electron chi connectivity index (χ4n) is 3.12. The predicted octanol–water partition coefficient (Wildman–Crippen LogP) is 4.26. The molecule has 1 heterocycles. The molecule has 3 aromatic rings. The van der Waals surface area contributed by atoms with E-state index in [-0.39, 0.29) is 23.9 Å². The topological polar surface area (TPSA) is 91.1 Å². The van der Waals surface area contributed by atoms with Crippen molar-refractivity contribution in [3.8, 4) is 11.3 Å². The number of carbonyl (C=O) groups is 2. The van der Waals surface area contributed by atoms with Gasteiger partial charge >= 0.3 is 0 Å². The van der Waals surface area contributed by atoms with E-state index in [2.05, 4.69) is 15.6 Å². The third-order valence-electron chi connectivity index (χ3n) is 5.19. The smallest absolute Gasteiger partial charge is 0.261 e. The molecule has 2 aromatic carbocycles. The highest BCUT2D eigenvalue weighted by Gasteiger charge is 2.13. The zero-order valence-electron chi connectivity index (χ0n) is 18.0. The second kappa shape index (κ2) is 9.89. The summed E-state index contributed by atoms with van der Waals surface area (Å²) in [5, 5.41) is 5.65. The zero-order valence-corrected chi connectivity index (χ0v) is 18.0. The van der Waals surface area contributed by atoms with Crippen LogP contribution in [0.1, 0.15) is 41.8 Å². The Morgan fingerprint density at radius 3 is 2.52 bits per heavy atom. The first-order chi connectivity index (χ1) is 14.9. The lowest BCUT2D eigenvalue weighted by atomic mass is 10.1. The molecule has 1 aromatic heterocycles. The molecule has 0 bridgehead atoms.